The van der Waals surface area contributed by atoms with Crippen LogP contribution in [0.15, 0.2) is 0 Å². The molecule has 5 nitrogen and oxygen atoms in total. The van der Waals surface area contributed by atoms with E-state index in [0.29, 0.717) is 0 Å². The molecule has 62 valence electrons. The van der Waals surface area contributed by atoms with Crippen LogP contribution in [0, 0.1) is 0 Å². The lowest BCUT2D eigenvalue weighted by Crippen LogP contribution is -2.22. The molecule has 0 amide bonds. The summed E-state index contributed by atoms with van der Waals surface area (Å²) in [7, 11) is -3.02. The molecule has 10 heavy (non-hydrogen) atoms. The Balaban J connectivity index is 4.19. The molecule has 0 aromatic rings. The van der Waals surface area contributed by atoms with Crippen LogP contribution >= 0.6 is 7.60 Å². The van der Waals surface area contributed by atoms with Crippen LogP contribution in [0.25, 0.3) is 0 Å². The van der Waals surface area contributed by atoms with E-state index in [1.165, 1.54) is 6.92 Å². The van der Waals surface area contributed by atoms with Gasteiger partial charge in [-0.2, -0.15) is 0 Å². The van der Waals surface area contributed by atoms with Crippen molar-refractivity contribution in [1.29, 1.82) is 0 Å². The Labute approximate surface area is 58.8 Å². The van der Waals surface area contributed by atoms with E-state index in [1.807, 2.05) is 0 Å². The molecule has 0 aliphatic heterocycles. The number of hydrogen-bond donors (Lipinski definition) is 3. The highest BCUT2D eigenvalue weighted by molar-refractivity contribution is 7.53. The molecule has 0 spiro atoms. The van der Waals surface area contributed by atoms with E-state index < -0.39 is 19.5 Å². The van der Waals surface area contributed by atoms with Crippen LogP contribution in [0.3, 0.4) is 0 Å². The molecule has 0 bridgehead atoms. The van der Waals surface area contributed by atoms with E-state index >= 15 is 0 Å². The van der Waals surface area contributed by atoms with E-state index in [2.05, 4.69) is 4.52 Å². The number of aliphatic hydroxyl groups is 2. The highest BCUT2D eigenvalue weighted by Gasteiger charge is 2.32. The minimum atomic E-state index is -4.02. The Morgan fingerprint density at radius 3 is 2.00 bits per heavy atom. The second-order valence-electron chi connectivity index (χ2n) is 1.90. The largest absolute Gasteiger partial charge is 0.390 e. The summed E-state index contributed by atoms with van der Waals surface area (Å²) in [5.41, 5.74) is 0. The fraction of sp³-hybridized carbons (Fsp3) is 1.00. The summed E-state index contributed by atoms with van der Waals surface area (Å²) in [4.78, 5) is 8.69. The molecule has 0 heterocycles. The van der Waals surface area contributed by atoms with Crippen LogP contribution in [0.5, 0.6) is 0 Å². The monoisotopic (exact) mass is 170 g/mol. The van der Waals surface area contributed by atoms with Gasteiger partial charge in [0.2, 0.25) is 0 Å². The Morgan fingerprint density at radius 2 is 1.90 bits per heavy atom. The number of hydrogen-bond acceptors (Lipinski definition) is 4. The van der Waals surface area contributed by atoms with Crippen molar-refractivity contribution in [2.75, 3.05) is 7.11 Å². The third-order valence-corrected chi connectivity index (χ3v) is 2.65. The van der Waals surface area contributed by atoms with Crippen molar-refractivity contribution in [1.82, 2.24) is 0 Å². The molecule has 0 saturated carbocycles. The summed E-state index contributed by atoms with van der Waals surface area (Å²) >= 11 is 0. The molecule has 0 radical (unpaired) electrons. The molecule has 0 aromatic carbocycles. The van der Waals surface area contributed by atoms with Crippen LogP contribution in [-0.2, 0) is 9.09 Å². The SMILES string of the molecule is COP(=O)(O)C(O)C(C)O. The van der Waals surface area contributed by atoms with Gasteiger partial charge in [-0.1, -0.05) is 0 Å². The second-order valence-corrected chi connectivity index (χ2v) is 3.92. The van der Waals surface area contributed by atoms with Gasteiger partial charge in [0, 0.05) is 7.11 Å². The molecule has 3 unspecified atom stereocenters. The van der Waals surface area contributed by atoms with Gasteiger partial charge in [0.05, 0.1) is 6.10 Å². The van der Waals surface area contributed by atoms with Crippen molar-refractivity contribution in [2.45, 2.75) is 18.9 Å². The highest BCUT2D eigenvalue weighted by atomic mass is 31.2. The zero-order chi connectivity index (χ0) is 8.36. The van der Waals surface area contributed by atoms with E-state index in [4.69, 9.17) is 15.1 Å². The summed E-state index contributed by atoms with van der Waals surface area (Å²) in [6.07, 6.45) is -1.27. The summed E-state index contributed by atoms with van der Waals surface area (Å²) in [6.45, 7) is 1.20. The predicted octanol–water partition coefficient (Wildman–Crippen LogP) is -0.483. The van der Waals surface area contributed by atoms with Crippen LogP contribution in [0.2, 0.25) is 0 Å². The minimum Gasteiger partial charge on any atom is -0.390 e. The molecule has 3 atom stereocenters. The van der Waals surface area contributed by atoms with Gasteiger partial charge in [0.25, 0.3) is 0 Å². The molecule has 3 N–H and O–H groups in total. The van der Waals surface area contributed by atoms with Crippen molar-refractivity contribution >= 4 is 7.60 Å². The van der Waals surface area contributed by atoms with Gasteiger partial charge < -0.3 is 19.6 Å². The minimum absolute atomic E-state index is 0.992. The van der Waals surface area contributed by atoms with Crippen LogP contribution in [-0.4, -0.2) is 34.2 Å². The fourth-order valence-corrected chi connectivity index (χ4v) is 1.14. The van der Waals surface area contributed by atoms with Crippen molar-refractivity contribution in [2.24, 2.45) is 0 Å². The van der Waals surface area contributed by atoms with Gasteiger partial charge in [-0.05, 0) is 6.92 Å². The summed E-state index contributed by atoms with van der Waals surface area (Å²) in [5.74, 6) is -1.72. The Bertz CT molecular complexity index is 145. The number of rotatable bonds is 3. The first-order valence-electron chi connectivity index (χ1n) is 2.66. The van der Waals surface area contributed by atoms with E-state index in [0.717, 1.165) is 7.11 Å². The highest BCUT2D eigenvalue weighted by Crippen LogP contribution is 2.46. The third kappa shape index (κ3) is 2.36. The quantitative estimate of drug-likeness (QED) is 0.498. The topological polar surface area (TPSA) is 87.0 Å². The van der Waals surface area contributed by atoms with Crippen molar-refractivity contribution in [3.8, 4) is 0 Å². The predicted molar refractivity (Wildman–Crippen MR) is 34.5 cm³/mol. The van der Waals surface area contributed by atoms with Crippen molar-refractivity contribution in [3.63, 3.8) is 0 Å². The van der Waals surface area contributed by atoms with E-state index in [-0.39, 0.29) is 0 Å². The van der Waals surface area contributed by atoms with Crippen LogP contribution in [0.4, 0.5) is 0 Å². The Kier molecular flexibility index (Phi) is 3.48. The first-order valence-corrected chi connectivity index (χ1v) is 4.31. The maximum absolute atomic E-state index is 10.6. The maximum Gasteiger partial charge on any atom is 0.358 e. The Morgan fingerprint density at radius 1 is 1.50 bits per heavy atom. The first kappa shape index (κ1) is 10.1. The van der Waals surface area contributed by atoms with Gasteiger partial charge in [-0.15, -0.1) is 0 Å². The van der Waals surface area contributed by atoms with Crippen molar-refractivity contribution in [3.05, 3.63) is 0 Å². The molecule has 0 rings (SSSR count). The molecule has 0 fully saturated rings. The van der Waals surface area contributed by atoms with Crippen LogP contribution in [0.1, 0.15) is 6.92 Å². The molecule has 0 saturated heterocycles. The summed E-state index contributed by atoms with van der Waals surface area (Å²) < 4.78 is 14.7. The van der Waals surface area contributed by atoms with E-state index in [9.17, 15) is 4.57 Å². The lowest BCUT2D eigenvalue weighted by Gasteiger charge is -2.17. The third-order valence-electron chi connectivity index (χ3n) is 1.03. The second kappa shape index (κ2) is 3.46. The molecule has 6 heteroatoms. The standard InChI is InChI=1S/C4H11O5P/c1-3(5)4(6)10(7,8)9-2/h3-6H,1-2H3,(H,7,8). The summed E-state index contributed by atoms with van der Waals surface area (Å²) in [6, 6.07) is 0. The molecular formula is C4H11O5P. The smallest absolute Gasteiger partial charge is 0.358 e. The van der Waals surface area contributed by atoms with E-state index in [1.54, 1.807) is 0 Å². The first-order chi connectivity index (χ1) is 4.41. The van der Waals surface area contributed by atoms with Crippen LogP contribution < -0.4 is 0 Å². The van der Waals surface area contributed by atoms with Crippen molar-refractivity contribution < 1.29 is 24.2 Å². The van der Waals surface area contributed by atoms with Gasteiger partial charge in [0.1, 0.15) is 0 Å². The lowest BCUT2D eigenvalue weighted by molar-refractivity contribution is 0.0610. The molecular weight excluding hydrogens is 159 g/mol. The maximum atomic E-state index is 10.6. The zero-order valence-electron chi connectivity index (χ0n) is 5.76. The lowest BCUT2D eigenvalue weighted by atomic mass is 10.4. The molecule has 0 aliphatic carbocycles. The molecule has 0 aliphatic rings. The van der Waals surface area contributed by atoms with Gasteiger partial charge in [0.15, 0.2) is 5.85 Å². The van der Waals surface area contributed by atoms with Gasteiger partial charge in [-0.25, -0.2) is 0 Å². The fourth-order valence-electron chi connectivity index (χ4n) is 0.381. The Hall–Kier alpha value is 0.0700. The number of aliphatic hydroxyl groups excluding tert-OH is 2. The van der Waals surface area contributed by atoms with Gasteiger partial charge in [-0.3, -0.25) is 4.57 Å². The average Bonchev–Trinajstić information content (AvgIpc) is 1.86. The zero-order valence-corrected chi connectivity index (χ0v) is 6.65. The summed E-state index contributed by atoms with van der Waals surface area (Å²) in [5, 5.41) is 17.4. The average molecular weight is 170 g/mol. The molecule has 0 aromatic heterocycles. The van der Waals surface area contributed by atoms with Gasteiger partial charge >= 0.3 is 7.60 Å². The normalized spacial score (nSPS) is 23.3.